The third kappa shape index (κ3) is 2.19. The molecule has 0 aliphatic rings. The van der Waals surface area contributed by atoms with Crippen LogP contribution in [0.2, 0.25) is 0 Å². The summed E-state index contributed by atoms with van der Waals surface area (Å²) in [5, 5.41) is 8.55. The topological polar surface area (TPSA) is 81.1 Å². The Morgan fingerprint density at radius 3 is 3.00 bits per heavy atom. The zero-order valence-corrected chi connectivity index (χ0v) is 9.42. The Morgan fingerprint density at radius 1 is 1.59 bits per heavy atom. The highest BCUT2D eigenvalue weighted by Gasteiger charge is 2.05. The maximum Gasteiger partial charge on any atom is 0.328 e. The first kappa shape index (κ1) is 11.3. The molecular formula is C12H13N3O2. The molecular weight excluding hydrogens is 218 g/mol. The number of aryl methyl sites for hydroxylation is 1. The predicted molar refractivity (Wildman–Crippen MR) is 65.3 cm³/mol. The van der Waals surface area contributed by atoms with Crippen LogP contribution in [0.15, 0.2) is 24.3 Å². The van der Waals surface area contributed by atoms with Gasteiger partial charge in [-0.1, -0.05) is 6.07 Å². The average molecular weight is 231 g/mol. The lowest BCUT2D eigenvalue weighted by molar-refractivity contribution is -0.131. The molecule has 17 heavy (non-hydrogen) atoms. The van der Waals surface area contributed by atoms with Crippen molar-refractivity contribution in [3.8, 4) is 0 Å². The Labute approximate surface area is 98.2 Å². The summed E-state index contributed by atoms with van der Waals surface area (Å²) in [6.07, 6.45) is 2.65. The molecule has 2 aromatic rings. The lowest BCUT2D eigenvalue weighted by atomic mass is 10.2. The first-order chi connectivity index (χ1) is 8.11. The van der Waals surface area contributed by atoms with Gasteiger partial charge in [-0.25, -0.2) is 9.78 Å². The van der Waals surface area contributed by atoms with Crippen molar-refractivity contribution >= 4 is 23.1 Å². The number of carboxylic acid groups (broad SMARTS) is 1. The highest BCUT2D eigenvalue weighted by Crippen LogP contribution is 2.17. The van der Waals surface area contributed by atoms with Crippen LogP contribution in [0.1, 0.15) is 11.4 Å². The van der Waals surface area contributed by atoms with Crippen molar-refractivity contribution in [1.29, 1.82) is 0 Å². The molecule has 1 aromatic heterocycles. The molecule has 0 fully saturated rings. The van der Waals surface area contributed by atoms with Crippen LogP contribution in [0.3, 0.4) is 0 Å². The van der Waals surface area contributed by atoms with Crippen molar-refractivity contribution in [1.82, 2.24) is 9.55 Å². The van der Waals surface area contributed by atoms with Crippen molar-refractivity contribution in [2.24, 2.45) is 12.8 Å². The summed E-state index contributed by atoms with van der Waals surface area (Å²) >= 11 is 0. The van der Waals surface area contributed by atoms with Crippen LogP contribution >= 0.6 is 0 Å². The van der Waals surface area contributed by atoms with Crippen molar-refractivity contribution in [3.05, 3.63) is 35.7 Å². The van der Waals surface area contributed by atoms with E-state index in [-0.39, 0.29) is 0 Å². The van der Waals surface area contributed by atoms with Gasteiger partial charge in [0.2, 0.25) is 0 Å². The van der Waals surface area contributed by atoms with Crippen molar-refractivity contribution in [3.63, 3.8) is 0 Å². The number of aliphatic carboxylic acids is 1. The zero-order chi connectivity index (χ0) is 12.4. The number of nitrogens with two attached hydrogens (primary N) is 1. The largest absolute Gasteiger partial charge is 0.478 e. The maximum atomic E-state index is 10.4. The summed E-state index contributed by atoms with van der Waals surface area (Å²) < 4.78 is 1.93. The van der Waals surface area contributed by atoms with E-state index in [4.69, 9.17) is 10.8 Å². The second-order valence-electron chi connectivity index (χ2n) is 3.71. The fourth-order valence-corrected chi connectivity index (χ4v) is 1.72. The Morgan fingerprint density at radius 2 is 2.35 bits per heavy atom. The number of hydrogen-bond acceptors (Lipinski definition) is 3. The smallest absolute Gasteiger partial charge is 0.328 e. The van der Waals surface area contributed by atoms with Crippen LogP contribution in [-0.2, 0) is 18.4 Å². The summed E-state index contributed by atoms with van der Waals surface area (Å²) in [5.41, 5.74) is 8.19. The fraction of sp³-hybridized carbons (Fsp3) is 0.167. The molecule has 88 valence electrons. The number of carboxylic acids is 1. The molecule has 0 saturated heterocycles. The third-order valence-corrected chi connectivity index (χ3v) is 2.60. The number of carbonyl (C=O) groups is 1. The van der Waals surface area contributed by atoms with E-state index >= 15 is 0 Å². The second kappa shape index (κ2) is 4.39. The SMILES string of the molecule is Cn1c(CN)nc2cc(C=CC(=O)O)ccc21. The molecule has 1 heterocycles. The first-order valence-corrected chi connectivity index (χ1v) is 5.18. The van der Waals surface area contributed by atoms with E-state index in [1.807, 2.05) is 29.8 Å². The molecule has 0 atom stereocenters. The molecule has 0 aliphatic heterocycles. The maximum absolute atomic E-state index is 10.4. The number of nitrogens with zero attached hydrogens (tertiary/aromatic N) is 2. The minimum absolute atomic E-state index is 0.380. The molecule has 0 amide bonds. The summed E-state index contributed by atoms with van der Waals surface area (Å²) in [4.78, 5) is 14.8. The number of hydrogen-bond donors (Lipinski definition) is 2. The van der Waals surface area contributed by atoms with Gasteiger partial charge in [-0.05, 0) is 23.8 Å². The molecule has 0 unspecified atom stereocenters. The number of fused-ring (bicyclic) bond motifs is 1. The predicted octanol–water partition coefficient (Wildman–Crippen LogP) is 1.13. The van der Waals surface area contributed by atoms with E-state index in [1.165, 1.54) is 0 Å². The molecule has 0 spiro atoms. The van der Waals surface area contributed by atoms with Crippen molar-refractivity contribution < 1.29 is 9.90 Å². The lowest BCUT2D eigenvalue weighted by Crippen LogP contribution is -2.04. The van der Waals surface area contributed by atoms with E-state index in [0.29, 0.717) is 6.54 Å². The van der Waals surface area contributed by atoms with Crippen LogP contribution in [-0.4, -0.2) is 20.6 Å². The van der Waals surface area contributed by atoms with Gasteiger partial charge in [0.25, 0.3) is 0 Å². The molecule has 0 bridgehead atoms. The Bertz CT molecular complexity index is 599. The van der Waals surface area contributed by atoms with E-state index < -0.39 is 5.97 Å². The molecule has 0 radical (unpaired) electrons. The normalized spacial score (nSPS) is 11.4. The third-order valence-electron chi connectivity index (χ3n) is 2.60. The van der Waals surface area contributed by atoms with Crippen LogP contribution < -0.4 is 5.73 Å². The highest BCUT2D eigenvalue weighted by molar-refractivity contribution is 5.87. The lowest BCUT2D eigenvalue weighted by Gasteiger charge is -1.98. The second-order valence-corrected chi connectivity index (χ2v) is 3.71. The molecule has 5 nitrogen and oxygen atoms in total. The van der Waals surface area contributed by atoms with Crippen LogP contribution in [0.5, 0.6) is 0 Å². The number of rotatable bonds is 3. The molecule has 1 aromatic carbocycles. The van der Waals surface area contributed by atoms with E-state index in [0.717, 1.165) is 28.5 Å². The molecule has 2 rings (SSSR count). The average Bonchev–Trinajstić information content (AvgIpc) is 2.63. The van der Waals surface area contributed by atoms with Crippen LogP contribution in [0, 0.1) is 0 Å². The summed E-state index contributed by atoms with van der Waals surface area (Å²) in [7, 11) is 1.91. The molecule has 3 N–H and O–H groups in total. The van der Waals surface area contributed by atoms with Gasteiger partial charge in [-0.15, -0.1) is 0 Å². The van der Waals surface area contributed by atoms with E-state index in [2.05, 4.69) is 4.98 Å². The van der Waals surface area contributed by atoms with Gasteiger partial charge in [0.1, 0.15) is 5.82 Å². The van der Waals surface area contributed by atoms with E-state index in [1.54, 1.807) is 6.08 Å². The Kier molecular flexibility index (Phi) is 2.93. The van der Waals surface area contributed by atoms with Gasteiger partial charge in [-0.3, -0.25) is 0 Å². The minimum atomic E-state index is -0.964. The van der Waals surface area contributed by atoms with Crippen LogP contribution in [0.25, 0.3) is 17.1 Å². The van der Waals surface area contributed by atoms with Gasteiger partial charge in [0, 0.05) is 13.1 Å². The summed E-state index contributed by atoms with van der Waals surface area (Å²) in [5.74, 6) is -0.159. The monoisotopic (exact) mass is 231 g/mol. The number of imidazole rings is 1. The van der Waals surface area contributed by atoms with Gasteiger partial charge in [0.15, 0.2) is 0 Å². The summed E-state index contributed by atoms with van der Waals surface area (Å²) in [6, 6.07) is 5.60. The highest BCUT2D eigenvalue weighted by atomic mass is 16.4. The van der Waals surface area contributed by atoms with E-state index in [9.17, 15) is 4.79 Å². The van der Waals surface area contributed by atoms with Gasteiger partial charge in [0.05, 0.1) is 17.6 Å². The molecule has 5 heteroatoms. The minimum Gasteiger partial charge on any atom is -0.478 e. The fourth-order valence-electron chi connectivity index (χ4n) is 1.72. The van der Waals surface area contributed by atoms with Crippen molar-refractivity contribution in [2.75, 3.05) is 0 Å². The van der Waals surface area contributed by atoms with Gasteiger partial charge >= 0.3 is 5.97 Å². The van der Waals surface area contributed by atoms with Gasteiger partial charge < -0.3 is 15.4 Å². The summed E-state index contributed by atoms with van der Waals surface area (Å²) in [6.45, 7) is 0.380. The first-order valence-electron chi connectivity index (χ1n) is 5.18. The quantitative estimate of drug-likeness (QED) is 0.776. The van der Waals surface area contributed by atoms with Gasteiger partial charge in [-0.2, -0.15) is 0 Å². The molecule has 0 saturated carbocycles. The van der Waals surface area contributed by atoms with Crippen molar-refractivity contribution in [2.45, 2.75) is 6.54 Å². The van der Waals surface area contributed by atoms with Crippen LogP contribution in [0.4, 0.5) is 0 Å². The Hall–Kier alpha value is -2.14. The Balaban J connectivity index is 2.47. The standard InChI is InChI=1S/C12H13N3O2/c1-15-10-4-2-8(3-5-12(16)17)6-9(10)14-11(15)7-13/h2-6H,7,13H2,1H3,(H,16,17). The number of benzene rings is 1. The zero-order valence-electron chi connectivity index (χ0n) is 9.42. The number of aromatic nitrogens is 2. The molecule has 0 aliphatic carbocycles.